The Morgan fingerprint density at radius 1 is 1.38 bits per heavy atom. The molecule has 1 saturated heterocycles. The molecule has 1 aromatic carbocycles. The van der Waals surface area contributed by atoms with Crippen molar-refractivity contribution < 1.29 is 9.18 Å². The minimum absolute atomic E-state index is 0.175. The number of carbonyl (C=O) groups excluding carboxylic acids is 1. The molecule has 0 unspecified atom stereocenters. The van der Waals surface area contributed by atoms with Crippen LogP contribution in [0, 0.1) is 12.7 Å². The van der Waals surface area contributed by atoms with Gasteiger partial charge in [0.15, 0.2) is 0 Å². The molecule has 0 bridgehead atoms. The number of hydrogen-bond donors (Lipinski definition) is 2. The summed E-state index contributed by atoms with van der Waals surface area (Å²) in [6.45, 7) is 7.35. The molecule has 1 aliphatic heterocycles. The van der Waals surface area contributed by atoms with Gasteiger partial charge in [-0.2, -0.15) is 0 Å². The van der Waals surface area contributed by atoms with Crippen LogP contribution in [0.25, 0.3) is 0 Å². The minimum atomic E-state index is -0.235. The van der Waals surface area contributed by atoms with Crippen molar-refractivity contribution >= 4 is 6.03 Å². The van der Waals surface area contributed by atoms with E-state index in [9.17, 15) is 9.18 Å². The zero-order valence-corrected chi connectivity index (χ0v) is 12.8. The second kappa shape index (κ2) is 7.41. The van der Waals surface area contributed by atoms with Crippen molar-refractivity contribution in [2.24, 2.45) is 0 Å². The zero-order chi connectivity index (χ0) is 15.2. The molecule has 2 N–H and O–H groups in total. The predicted octanol–water partition coefficient (Wildman–Crippen LogP) is 2.42. The second-order valence-corrected chi connectivity index (χ2v) is 5.62. The van der Waals surface area contributed by atoms with Crippen LogP contribution in [0.5, 0.6) is 0 Å². The SMILES string of the molecule is CCN1CCC(NC(=O)NCc2ccc(C)c(F)c2)CC1. The van der Waals surface area contributed by atoms with E-state index in [0.29, 0.717) is 12.1 Å². The van der Waals surface area contributed by atoms with Crippen molar-refractivity contribution in [3.63, 3.8) is 0 Å². The average molecular weight is 293 g/mol. The highest BCUT2D eigenvalue weighted by atomic mass is 19.1. The van der Waals surface area contributed by atoms with Crippen molar-refractivity contribution in [1.29, 1.82) is 0 Å². The van der Waals surface area contributed by atoms with E-state index in [-0.39, 0.29) is 17.9 Å². The van der Waals surface area contributed by atoms with Crippen LogP contribution < -0.4 is 10.6 Å². The number of halogens is 1. The van der Waals surface area contributed by atoms with Crippen LogP contribution in [0.15, 0.2) is 18.2 Å². The number of aryl methyl sites for hydroxylation is 1. The maximum atomic E-state index is 13.4. The van der Waals surface area contributed by atoms with E-state index < -0.39 is 0 Å². The maximum absolute atomic E-state index is 13.4. The van der Waals surface area contributed by atoms with Gasteiger partial charge in [-0.25, -0.2) is 9.18 Å². The standard InChI is InChI=1S/C16H24FN3O/c1-3-20-8-6-14(7-9-20)19-16(21)18-11-13-5-4-12(2)15(17)10-13/h4-5,10,14H,3,6-9,11H2,1-2H3,(H2,18,19,21). The van der Waals surface area contributed by atoms with Gasteiger partial charge in [0.05, 0.1) is 0 Å². The third kappa shape index (κ3) is 4.70. The van der Waals surface area contributed by atoms with Crippen LogP contribution in [0.1, 0.15) is 30.9 Å². The van der Waals surface area contributed by atoms with E-state index >= 15 is 0 Å². The van der Waals surface area contributed by atoms with E-state index in [2.05, 4.69) is 22.5 Å². The molecule has 1 fully saturated rings. The number of carbonyl (C=O) groups is 1. The molecule has 0 aromatic heterocycles. The third-order valence-corrected chi connectivity index (χ3v) is 4.06. The van der Waals surface area contributed by atoms with Gasteiger partial charge in [0, 0.05) is 25.7 Å². The monoisotopic (exact) mass is 293 g/mol. The fourth-order valence-electron chi connectivity index (χ4n) is 2.56. The molecule has 2 amide bonds. The van der Waals surface area contributed by atoms with Gasteiger partial charge >= 0.3 is 6.03 Å². The number of benzene rings is 1. The number of hydrogen-bond acceptors (Lipinski definition) is 2. The van der Waals surface area contributed by atoms with Crippen LogP contribution in [-0.4, -0.2) is 36.6 Å². The van der Waals surface area contributed by atoms with Gasteiger partial charge in [0.25, 0.3) is 0 Å². The summed E-state index contributed by atoms with van der Waals surface area (Å²) in [7, 11) is 0. The largest absolute Gasteiger partial charge is 0.335 e. The first kappa shape index (κ1) is 15.8. The van der Waals surface area contributed by atoms with Crippen molar-refractivity contribution in [1.82, 2.24) is 15.5 Å². The molecular weight excluding hydrogens is 269 g/mol. The maximum Gasteiger partial charge on any atom is 0.315 e. The average Bonchev–Trinajstić information content (AvgIpc) is 2.49. The molecule has 2 rings (SSSR count). The summed E-state index contributed by atoms with van der Waals surface area (Å²) in [5, 5.41) is 5.78. The molecule has 0 radical (unpaired) electrons. The third-order valence-electron chi connectivity index (χ3n) is 4.06. The quantitative estimate of drug-likeness (QED) is 0.895. The molecule has 1 aliphatic rings. The van der Waals surface area contributed by atoms with Crippen LogP contribution in [0.4, 0.5) is 9.18 Å². The van der Waals surface area contributed by atoms with E-state index in [1.165, 1.54) is 6.07 Å². The fraction of sp³-hybridized carbons (Fsp3) is 0.562. The van der Waals surface area contributed by atoms with Gasteiger partial charge in [-0.15, -0.1) is 0 Å². The Morgan fingerprint density at radius 2 is 2.10 bits per heavy atom. The molecule has 21 heavy (non-hydrogen) atoms. The van der Waals surface area contributed by atoms with Gasteiger partial charge in [0.2, 0.25) is 0 Å². The number of urea groups is 1. The van der Waals surface area contributed by atoms with Crippen LogP contribution in [0.2, 0.25) is 0 Å². The smallest absolute Gasteiger partial charge is 0.315 e. The Labute approximate surface area is 125 Å². The molecule has 116 valence electrons. The Balaban J connectivity index is 1.73. The number of likely N-dealkylation sites (tertiary alicyclic amines) is 1. The summed E-state index contributed by atoms with van der Waals surface area (Å²) in [6.07, 6.45) is 1.97. The summed E-state index contributed by atoms with van der Waals surface area (Å²) >= 11 is 0. The molecule has 4 nitrogen and oxygen atoms in total. The highest BCUT2D eigenvalue weighted by Gasteiger charge is 2.19. The molecule has 0 aliphatic carbocycles. The van der Waals surface area contributed by atoms with Gasteiger partial charge < -0.3 is 15.5 Å². The number of nitrogens with one attached hydrogen (secondary N) is 2. The molecule has 1 aromatic rings. The van der Waals surface area contributed by atoms with Crippen LogP contribution in [0.3, 0.4) is 0 Å². The summed E-state index contributed by atoms with van der Waals surface area (Å²) in [5.74, 6) is -0.235. The molecule has 0 atom stereocenters. The summed E-state index contributed by atoms with van der Waals surface area (Å²) in [6, 6.07) is 5.09. The lowest BCUT2D eigenvalue weighted by Crippen LogP contribution is -2.47. The molecule has 0 spiro atoms. The van der Waals surface area contributed by atoms with E-state index in [0.717, 1.165) is 38.0 Å². The van der Waals surface area contributed by atoms with Gasteiger partial charge in [-0.05, 0) is 43.5 Å². The van der Waals surface area contributed by atoms with Gasteiger partial charge in [-0.1, -0.05) is 19.1 Å². The number of nitrogens with zero attached hydrogens (tertiary/aromatic N) is 1. The van der Waals surface area contributed by atoms with Crippen molar-refractivity contribution in [2.75, 3.05) is 19.6 Å². The molecule has 0 saturated carbocycles. The molecule has 5 heteroatoms. The topological polar surface area (TPSA) is 44.4 Å². The predicted molar refractivity (Wildman–Crippen MR) is 81.6 cm³/mol. The molecule has 1 heterocycles. The first-order chi connectivity index (χ1) is 10.1. The number of amides is 2. The summed E-state index contributed by atoms with van der Waals surface area (Å²) in [4.78, 5) is 14.2. The van der Waals surface area contributed by atoms with Crippen molar-refractivity contribution in [3.8, 4) is 0 Å². The minimum Gasteiger partial charge on any atom is -0.335 e. The zero-order valence-electron chi connectivity index (χ0n) is 12.8. The highest BCUT2D eigenvalue weighted by molar-refractivity contribution is 5.74. The Morgan fingerprint density at radius 3 is 2.71 bits per heavy atom. The van der Waals surface area contributed by atoms with Crippen LogP contribution in [-0.2, 0) is 6.54 Å². The first-order valence-electron chi connectivity index (χ1n) is 7.60. The number of rotatable bonds is 4. The van der Waals surface area contributed by atoms with Crippen molar-refractivity contribution in [2.45, 2.75) is 39.3 Å². The Hall–Kier alpha value is -1.62. The Kier molecular flexibility index (Phi) is 5.56. The van der Waals surface area contributed by atoms with E-state index in [1.807, 2.05) is 6.07 Å². The summed E-state index contributed by atoms with van der Waals surface area (Å²) in [5.41, 5.74) is 1.39. The van der Waals surface area contributed by atoms with E-state index in [1.54, 1.807) is 13.0 Å². The lowest BCUT2D eigenvalue weighted by atomic mass is 10.1. The Bertz CT molecular complexity index is 484. The van der Waals surface area contributed by atoms with Gasteiger partial charge in [-0.3, -0.25) is 0 Å². The van der Waals surface area contributed by atoms with Crippen LogP contribution >= 0.6 is 0 Å². The number of piperidine rings is 1. The van der Waals surface area contributed by atoms with Crippen molar-refractivity contribution in [3.05, 3.63) is 35.1 Å². The first-order valence-corrected chi connectivity index (χ1v) is 7.60. The lowest BCUT2D eigenvalue weighted by molar-refractivity contribution is 0.198. The fourth-order valence-corrected chi connectivity index (χ4v) is 2.56. The summed E-state index contributed by atoms with van der Waals surface area (Å²) < 4.78 is 13.4. The normalized spacial score (nSPS) is 16.7. The van der Waals surface area contributed by atoms with E-state index in [4.69, 9.17) is 0 Å². The second-order valence-electron chi connectivity index (χ2n) is 5.62. The van der Waals surface area contributed by atoms with Gasteiger partial charge in [0.1, 0.15) is 5.82 Å². The highest BCUT2D eigenvalue weighted by Crippen LogP contribution is 2.10. The molecular formula is C16H24FN3O. The lowest BCUT2D eigenvalue weighted by Gasteiger charge is -2.31.